The van der Waals surface area contributed by atoms with E-state index in [2.05, 4.69) is 6.92 Å². The van der Waals surface area contributed by atoms with Crippen molar-refractivity contribution in [2.75, 3.05) is 7.05 Å². The third-order valence-electron chi connectivity index (χ3n) is 4.32. The Morgan fingerprint density at radius 3 is 2.70 bits per heavy atom. The van der Waals surface area contributed by atoms with Crippen molar-refractivity contribution < 1.29 is 8.42 Å². The SMILES string of the molecule is CC1CCCC(N(C)S(=O)(=O)c2cc(CCl)n(C)c2)C1. The molecule has 114 valence electrons. The Hall–Kier alpha value is -0.520. The number of aromatic nitrogens is 1. The zero-order valence-corrected chi connectivity index (χ0v) is 13.9. The predicted molar refractivity (Wildman–Crippen MR) is 81.3 cm³/mol. The first-order valence-corrected chi connectivity index (χ1v) is 9.03. The molecule has 20 heavy (non-hydrogen) atoms. The van der Waals surface area contributed by atoms with Crippen LogP contribution >= 0.6 is 11.6 Å². The smallest absolute Gasteiger partial charge is 0.244 e. The van der Waals surface area contributed by atoms with E-state index < -0.39 is 10.0 Å². The molecule has 1 aliphatic carbocycles. The first-order valence-electron chi connectivity index (χ1n) is 7.05. The summed E-state index contributed by atoms with van der Waals surface area (Å²) in [5, 5.41) is 0. The van der Waals surface area contributed by atoms with Gasteiger partial charge in [0.25, 0.3) is 0 Å². The number of rotatable bonds is 4. The molecule has 2 atom stereocenters. The summed E-state index contributed by atoms with van der Waals surface area (Å²) in [5.41, 5.74) is 0.815. The first kappa shape index (κ1) is 15.9. The van der Waals surface area contributed by atoms with Crippen LogP contribution in [0.5, 0.6) is 0 Å². The minimum Gasteiger partial charge on any atom is -0.352 e. The summed E-state index contributed by atoms with van der Waals surface area (Å²) < 4.78 is 28.7. The number of hydrogen-bond acceptors (Lipinski definition) is 2. The molecular formula is C14H23ClN2O2S. The fraction of sp³-hybridized carbons (Fsp3) is 0.714. The third-order valence-corrected chi connectivity index (χ3v) is 6.47. The summed E-state index contributed by atoms with van der Waals surface area (Å²) in [4.78, 5) is 0.344. The molecule has 1 aromatic heterocycles. The molecule has 0 saturated heterocycles. The molecule has 0 N–H and O–H groups in total. The minimum absolute atomic E-state index is 0.114. The van der Waals surface area contributed by atoms with Crippen LogP contribution < -0.4 is 0 Å². The molecule has 0 aromatic carbocycles. The monoisotopic (exact) mass is 318 g/mol. The van der Waals surface area contributed by atoms with Crippen molar-refractivity contribution in [2.24, 2.45) is 13.0 Å². The average Bonchev–Trinajstić information content (AvgIpc) is 2.79. The van der Waals surface area contributed by atoms with Crippen LogP contribution in [0.2, 0.25) is 0 Å². The Labute approximate surface area is 126 Å². The molecule has 0 bridgehead atoms. The molecule has 1 aromatic rings. The highest BCUT2D eigenvalue weighted by molar-refractivity contribution is 7.89. The van der Waals surface area contributed by atoms with E-state index in [1.165, 1.54) is 6.42 Å². The number of hydrogen-bond donors (Lipinski definition) is 0. The van der Waals surface area contributed by atoms with E-state index in [0.717, 1.165) is 25.0 Å². The number of sulfonamides is 1. The second kappa shape index (κ2) is 6.08. The van der Waals surface area contributed by atoms with Crippen molar-refractivity contribution >= 4 is 21.6 Å². The molecule has 1 saturated carbocycles. The van der Waals surface area contributed by atoms with Crippen LogP contribution in [0.15, 0.2) is 17.2 Å². The minimum atomic E-state index is -3.42. The van der Waals surface area contributed by atoms with Gasteiger partial charge in [-0.1, -0.05) is 19.8 Å². The van der Waals surface area contributed by atoms with Gasteiger partial charge in [-0.2, -0.15) is 4.31 Å². The van der Waals surface area contributed by atoms with E-state index in [1.807, 2.05) is 7.05 Å². The number of alkyl halides is 1. The molecule has 1 aliphatic rings. The largest absolute Gasteiger partial charge is 0.352 e. The van der Waals surface area contributed by atoms with Gasteiger partial charge in [0.1, 0.15) is 4.90 Å². The summed E-state index contributed by atoms with van der Waals surface area (Å²) in [5.74, 6) is 0.913. The zero-order valence-electron chi connectivity index (χ0n) is 12.3. The van der Waals surface area contributed by atoms with E-state index in [0.29, 0.717) is 16.7 Å². The maximum absolute atomic E-state index is 12.7. The lowest BCUT2D eigenvalue weighted by atomic mass is 9.87. The van der Waals surface area contributed by atoms with Gasteiger partial charge in [-0.25, -0.2) is 8.42 Å². The van der Waals surface area contributed by atoms with Crippen LogP contribution in [0.4, 0.5) is 0 Å². The van der Waals surface area contributed by atoms with E-state index in [9.17, 15) is 8.42 Å². The van der Waals surface area contributed by atoms with Gasteiger partial charge in [-0.3, -0.25) is 0 Å². The van der Waals surface area contributed by atoms with Gasteiger partial charge >= 0.3 is 0 Å². The molecule has 0 radical (unpaired) electrons. The fourth-order valence-electron chi connectivity index (χ4n) is 2.95. The standard InChI is InChI=1S/C14H23ClN2O2S/c1-11-5-4-6-12(7-11)17(3)20(18,19)14-8-13(9-15)16(2)10-14/h8,10-12H,4-7,9H2,1-3H3. The highest BCUT2D eigenvalue weighted by Crippen LogP contribution is 2.30. The van der Waals surface area contributed by atoms with Crippen molar-refractivity contribution in [2.45, 2.75) is 49.4 Å². The maximum Gasteiger partial charge on any atom is 0.244 e. The molecule has 1 heterocycles. The van der Waals surface area contributed by atoms with Gasteiger partial charge < -0.3 is 4.57 Å². The molecule has 2 unspecified atom stereocenters. The van der Waals surface area contributed by atoms with E-state index >= 15 is 0 Å². The summed E-state index contributed by atoms with van der Waals surface area (Å²) in [6.45, 7) is 2.20. The number of nitrogens with zero attached hydrogens (tertiary/aromatic N) is 2. The topological polar surface area (TPSA) is 42.3 Å². The number of halogens is 1. The maximum atomic E-state index is 12.7. The van der Waals surface area contributed by atoms with Crippen molar-refractivity contribution in [3.63, 3.8) is 0 Å². The lowest BCUT2D eigenvalue weighted by Crippen LogP contribution is -2.39. The summed E-state index contributed by atoms with van der Waals surface area (Å²) in [6.07, 6.45) is 5.86. The van der Waals surface area contributed by atoms with Crippen molar-refractivity contribution in [3.05, 3.63) is 18.0 Å². The van der Waals surface area contributed by atoms with E-state index in [-0.39, 0.29) is 6.04 Å². The van der Waals surface area contributed by atoms with Crippen molar-refractivity contribution in [3.8, 4) is 0 Å². The fourth-order valence-corrected chi connectivity index (χ4v) is 4.70. The Kier molecular flexibility index (Phi) is 4.82. The summed E-state index contributed by atoms with van der Waals surface area (Å²) in [7, 11) is 0.0987. The lowest BCUT2D eigenvalue weighted by Gasteiger charge is -2.33. The van der Waals surface area contributed by atoms with Gasteiger partial charge in [0, 0.05) is 32.0 Å². The third kappa shape index (κ3) is 3.05. The zero-order chi connectivity index (χ0) is 14.9. The van der Waals surface area contributed by atoms with Crippen LogP contribution in [0.1, 0.15) is 38.3 Å². The predicted octanol–water partition coefficient (Wildman–Crippen LogP) is 2.96. The highest BCUT2D eigenvalue weighted by atomic mass is 35.5. The van der Waals surface area contributed by atoms with Crippen molar-refractivity contribution in [1.82, 2.24) is 8.87 Å². The molecule has 4 nitrogen and oxygen atoms in total. The van der Waals surface area contributed by atoms with Gasteiger partial charge in [-0.05, 0) is 24.8 Å². The summed E-state index contributed by atoms with van der Waals surface area (Å²) in [6, 6.07) is 1.79. The van der Waals surface area contributed by atoms with E-state index in [4.69, 9.17) is 11.6 Å². The lowest BCUT2D eigenvalue weighted by molar-refractivity contribution is 0.239. The highest BCUT2D eigenvalue weighted by Gasteiger charge is 2.31. The van der Waals surface area contributed by atoms with Crippen LogP contribution in [0.25, 0.3) is 0 Å². The van der Waals surface area contributed by atoms with E-state index in [1.54, 1.807) is 28.2 Å². The van der Waals surface area contributed by atoms with Crippen LogP contribution in [0.3, 0.4) is 0 Å². The van der Waals surface area contributed by atoms with Gasteiger partial charge in [0.05, 0.1) is 5.88 Å². The number of aryl methyl sites for hydroxylation is 1. The Balaban J connectivity index is 2.24. The quantitative estimate of drug-likeness (QED) is 0.801. The molecule has 0 spiro atoms. The van der Waals surface area contributed by atoms with Crippen LogP contribution in [-0.4, -0.2) is 30.4 Å². The average molecular weight is 319 g/mol. The first-order chi connectivity index (χ1) is 9.36. The molecular weight excluding hydrogens is 296 g/mol. The second-order valence-corrected chi connectivity index (χ2v) is 8.12. The molecule has 1 fully saturated rings. The van der Waals surface area contributed by atoms with Gasteiger partial charge in [0.15, 0.2) is 0 Å². The Bertz CT molecular complexity index is 568. The summed E-state index contributed by atoms with van der Waals surface area (Å²) >= 11 is 5.81. The van der Waals surface area contributed by atoms with Crippen LogP contribution in [0, 0.1) is 5.92 Å². The Morgan fingerprint density at radius 1 is 1.45 bits per heavy atom. The van der Waals surface area contributed by atoms with Crippen LogP contribution in [-0.2, 0) is 23.0 Å². The van der Waals surface area contributed by atoms with Gasteiger partial charge in [-0.15, -0.1) is 11.6 Å². The van der Waals surface area contributed by atoms with Crippen molar-refractivity contribution in [1.29, 1.82) is 0 Å². The molecule has 0 amide bonds. The normalized spacial score (nSPS) is 24.2. The molecule has 0 aliphatic heterocycles. The second-order valence-electron chi connectivity index (χ2n) is 5.86. The Morgan fingerprint density at radius 2 is 2.15 bits per heavy atom. The molecule has 2 rings (SSSR count). The molecule has 6 heteroatoms. The van der Waals surface area contributed by atoms with Gasteiger partial charge in [0.2, 0.25) is 10.0 Å².